The molecule has 4 rings (SSSR count). The Morgan fingerprint density at radius 1 is 1.28 bits per heavy atom. The van der Waals surface area contributed by atoms with Gasteiger partial charge in [-0.05, 0) is 63.4 Å². The molecule has 2 amide bonds. The van der Waals surface area contributed by atoms with E-state index in [1.807, 2.05) is 40.8 Å². The van der Waals surface area contributed by atoms with Crippen molar-refractivity contribution in [1.29, 1.82) is 0 Å². The van der Waals surface area contributed by atoms with Crippen LogP contribution in [0.15, 0.2) is 24.3 Å². The number of carbonyl (C=O) groups excluding carboxylic acids is 2. The second-order valence-corrected chi connectivity index (χ2v) is 7.88. The molecule has 0 aliphatic carbocycles. The highest BCUT2D eigenvalue weighted by molar-refractivity contribution is 6.03. The molecule has 0 bridgehead atoms. The van der Waals surface area contributed by atoms with Gasteiger partial charge in [0, 0.05) is 25.2 Å². The number of hydrogen-bond donors (Lipinski definition) is 2. The van der Waals surface area contributed by atoms with Crippen LogP contribution in [0.25, 0.3) is 0 Å². The summed E-state index contributed by atoms with van der Waals surface area (Å²) in [5, 5.41) is 14.7. The van der Waals surface area contributed by atoms with E-state index in [0.717, 1.165) is 56.6 Å². The molecule has 154 valence electrons. The topological polar surface area (TPSA) is 92.2 Å². The number of amides is 2. The lowest BCUT2D eigenvalue weighted by atomic mass is 10.1. The summed E-state index contributed by atoms with van der Waals surface area (Å²) in [6.45, 7) is 5.19. The third-order valence-electron chi connectivity index (χ3n) is 5.78. The number of nitrogens with zero attached hydrogens (tertiary/aromatic N) is 4. The van der Waals surface area contributed by atoms with Gasteiger partial charge in [0.15, 0.2) is 5.69 Å². The summed E-state index contributed by atoms with van der Waals surface area (Å²) < 4.78 is 1.88. The van der Waals surface area contributed by atoms with Gasteiger partial charge in [0.1, 0.15) is 0 Å². The molecule has 2 N–H and O–H groups in total. The molecule has 8 heteroatoms. The molecule has 29 heavy (non-hydrogen) atoms. The predicted octanol–water partition coefficient (Wildman–Crippen LogP) is 2.28. The van der Waals surface area contributed by atoms with E-state index in [1.165, 1.54) is 0 Å². The summed E-state index contributed by atoms with van der Waals surface area (Å²) >= 11 is 0. The van der Waals surface area contributed by atoms with Crippen molar-refractivity contribution in [2.45, 2.75) is 51.6 Å². The molecule has 0 radical (unpaired) electrons. The van der Waals surface area contributed by atoms with E-state index in [-0.39, 0.29) is 17.9 Å². The fourth-order valence-corrected chi connectivity index (χ4v) is 4.14. The lowest BCUT2D eigenvalue weighted by molar-refractivity contribution is -0.133. The van der Waals surface area contributed by atoms with Gasteiger partial charge in [-0.1, -0.05) is 17.3 Å². The zero-order valence-corrected chi connectivity index (χ0v) is 16.9. The van der Waals surface area contributed by atoms with Gasteiger partial charge in [0.05, 0.1) is 11.7 Å². The van der Waals surface area contributed by atoms with E-state index in [0.29, 0.717) is 24.3 Å². The van der Waals surface area contributed by atoms with Crippen LogP contribution in [0.5, 0.6) is 0 Å². The van der Waals surface area contributed by atoms with Gasteiger partial charge in [-0.15, -0.1) is 5.10 Å². The molecule has 2 aliphatic heterocycles. The number of piperidine rings is 2. The maximum atomic E-state index is 12.8. The summed E-state index contributed by atoms with van der Waals surface area (Å²) in [5.74, 6) is -0.0512. The van der Waals surface area contributed by atoms with Crippen LogP contribution >= 0.6 is 0 Å². The molecular formula is C21H28N6O2. The number of rotatable bonds is 5. The molecule has 0 unspecified atom stereocenters. The minimum atomic E-state index is -0.256. The molecule has 2 fully saturated rings. The molecule has 2 saturated heterocycles. The zero-order valence-electron chi connectivity index (χ0n) is 16.9. The van der Waals surface area contributed by atoms with Gasteiger partial charge >= 0.3 is 0 Å². The van der Waals surface area contributed by atoms with Crippen molar-refractivity contribution in [2.24, 2.45) is 0 Å². The highest BCUT2D eigenvalue weighted by Gasteiger charge is 2.23. The highest BCUT2D eigenvalue weighted by atomic mass is 16.2. The highest BCUT2D eigenvalue weighted by Crippen LogP contribution is 2.21. The van der Waals surface area contributed by atoms with Crippen LogP contribution in [0.3, 0.4) is 0 Å². The molecule has 0 atom stereocenters. The minimum absolute atomic E-state index is 0.204. The van der Waals surface area contributed by atoms with Gasteiger partial charge in [-0.2, -0.15) is 0 Å². The number of nitrogens with one attached hydrogen (secondary N) is 2. The second kappa shape index (κ2) is 8.73. The smallest absolute Gasteiger partial charge is 0.278 e. The van der Waals surface area contributed by atoms with Gasteiger partial charge in [-0.3, -0.25) is 9.59 Å². The maximum Gasteiger partial charge on any atom is 0.278 e. The third-order valence-corrected chi connectivity index (χ3v) is 5.78. The summed E-state index contributed by atoms with van der Waals surface area (Å²) in [6.07, 6.45) is 4.63. The van der Waals surface area contributed by atoms with E-state index >= 15 is 0 Å². The summed E-state index contributed by atoms with van der Waals surface area (Å²) in [5.41, 5.74) is 2.87. The minimum Gasteiger partial charge on any atom is -0.338 e. The van der Waals surface area contributed by atoms with Crippen LogP contribution in [0.4, 0.5) is 5.69 Å². The van der Waals surface area contributed by atoms with Crippen molar-refractivity contribution >= 4 is 17.5 Å². The Morgan fingerprint density at radius 2 is 2.10 bits per heavy atom. The van der Waals surface area contributed by atoms with Crippen molar-refractivity contribution in [2.75, 3.05) is 25.0 Å². The molecule has 8 nitrogen and oxygen atoms in total. The van der Waals surface area contributed by atoms with Gasteiger partial charge in [0.2, 0.25) is 5.91 Å². The summed E-state index contributed by atoms with van der Waals surface area (Å²) in [7, 11) is 0. The Kier molecular flexibility index (Phi) is 5.89. The second-order valence-electron chi connectivity index (χ2n) is 7.88. The SMILES string of the molecule is Cc1c(C(=O)Nc2cccc(CN3CCCCC3=O)c2)nnn1C1CCNCC1. The molecule has 0 spiro atoms. The van der Waals surface area contributed by atoms with Crippen LogP contribution in [0.2, 0.25) is 0 Å². The van der Waals surface area contributed by atoms with Crippen LogP contribution in [0, 0.1) is 6.92 Å². The number of carbonyl (C=O) groups is 2. The Bertz CT molecular complexity index is 887. The lowest BCUT2D eigenvalue weighted by Crippen LogP contribution is -2.34. The van der Waals surface area contributed by atoms with Crippen molar-refractivity contribution in [3.63, 3.8) is 0 Å². The molecule has 1 aromatic carbocycles. The summed E-state index contributed by atoms with van der Waals surface area (Å²) in [6, 6.07) is 7.95. The van der Waals surface area contributed by atoms with Crippen molar-refractivity contribution in [3.8, 4) is 0 Å². The van der Waals surface area contributed by atoms with Crippen LogP contribution in [-0.2, 0) is 11.3 Å². The van der Waals surface area contributed by atoms with E-state index in [1.54, 1.807) is 0 Å². The summed E-state index contributed by atoms with van der Waals surface area (Å²) in [4.78, 5) is 26.7. The fraction of sp³-hybridized carbons (Fsp3) is 0.524. The lowest BCUT2D eigenvalue weighted by Gasteiger charge is -2.26. The normalized spacial score (nSPS) is 18.1. The first kappa shape index (κ1) is 19.6. The van der Waals surface area contributed by atoms with Crippen molar-refractivity contribution in [3.05, 3.63) is 41.2 Å². The first-order chi connectivity index (χ1) is 14.1. The van der Waals surface area contributed by atoms with Crippen LogP contribution < -0.4 is 10.6 Å². The average Bonchev–Trinajstić information content (AvgIpc) is 3.12. The molecule has 0 saturated carbocycles. The first-order valence-corrected chi connectivity index (χ1v) is 10.4. The number of anilines is 1. The number of aromatic nitrogens is 3. The molecule has 2 aromatic rings. The number of benzene rings is 1. The standard InChI is InChI=1S/C21H28N6O2/c1-15-20(24-25-27(15)18-8-10-22-11-9-18)21(29)23-17-6-4-5-16(13-17)14-26-12-3-2-7-19(26)28/h4-6,13,18,22H,2-3,7-12,14H2,1H3,(H,23,29). The molecular weight excluding hydrogens is 368 g/mol. The van der Waals surface area contributed by atoms with E-state index < -0.39 is 0 Å². The van der Waals surface area contributed by atoms with E-state index in [9.17, 15) is 9.59 Å². The van der Waals surface area contributed by atoms with Gasteiger partial charge < -0.3 is 15.5 Å². The third kappa shape index (κ3) is 4.48. The van der Waals surface area contributed by atoms with Crippen LogP contribution in [0.1, 0.15) is 59.9 Å². The number of hydrogen-bond acceptors (Lipinski definition) is 5. The quantitative estimate of drug-likeness (QED) is 0.809. The zero-order chi connectivity index (χ0) is 20.2. The average molecular weight is 396 g/mol. The van der Waals surface area contributed by atoms with Gasteiger partial charge in [0.25, 0.3) is 5.91 Å². The van der Waals surface area contributed by atoms with Gasteiger partial charge in [-0.25, -0.2) is 4.68 Å². The Balaban J connectivity index is 1.43. The van der Waals surface area contributed by atoms with E-state index in [4.69, 9.17) is 0 Å². The molecule has 2 aliphatic rings. The Morgan fingerprint density at radius 3 is 2.90 bits per heavy atom. The van der Waals surface area contributed by atoms with E-state index in [2.05, 4.69) is 20.9 Å². The van der Waals surface area contributed by atoms with Crippen molar-refractivity contribution < 1.29 is 9.59 Å². The Hall–Kier alpha value is -2.74. The predicted molar refractivity (Wildman–Crippen MR) is 110 cm³/mol. The largest absolute Gasteiger partial charge is 0.338 e. The first-order valence-electron chi connectivity index (χ1n) is 10.4. The fourth-order valence-electron chi connectivity index (χ4n) is 4.14. The molecule has 1 aromatic heterocycles. The maximum absolute atomic E-state index is 12.8. The Labute approximate surface area is 170 Å². The van der Waals surface area contributed by atoms with Crippen molar-refractivity contribution in [1.82, 2.24) is 25.2 Å². The van der Waals surface area contributed by atoms with Crippen LogP contribution in [-0.4, -0.2) is 51.3 Å². The molecule has 3 heterocycles. The number of likely N-dealkylation sites (tertiary alicyclic amines) is 1. The monoisotopic (exact) mass is 396 g/mol.